The first-order valence-electron chi connectivity index (χ1n) is 12.8. The molecule has 2 aliphatic rings. The second kappa shape index (κ2) is 11.1. The maximum Gasteiger partial charge on any atom is 0.240 e. The third kappa shape index (κ3) is 6.20. The van der Waals surface area contributed by atoms with Gasteiger partial charge in [-0.2, -0.15) is 0 Å². The molecule has 4 rings (SSSR count). The molecule has 34 heavy (non-hydrogen) atoms. The van der Waals surface area contributed by atoms with Crippen molar-refractivity contribution < 1.29 is 17.9 Å². The van der Waals surface area contributed by atoms with E-state index in [2.05, 4.69) is 4.72 Å². The highest BCUT2D eigenvalue weighted by Crippen LogP contribution is 2.50. The standard InChI is InChI=1S/C27H38NO4PS/c1-2-33(29,30)19-9-4-3-8-12-26-23-13-14-24(20-23)27(26)28-34(31,32)25-17-15-22(16-18-25)21-10-6-5-7-11-21/h5-7,10-11,15-18,23-24,26-28H,2-4,8-9,12-14,19-20H2,1H3,(H,29,30)/t23-,24?,26?,27?/m1/s1. The van der Waals surface area contributed by atoms with Crippen LogP contribution in [0.1, 0.15) is 58.3 Å². The predicted molar refractivity (Wildman–Crippen MR) is 139 cm³/mol. The van der Waals surface area contributed by atoms with Gasteiger partial charge in [0.15, 0.2) is 7.37 Å². The Balaban J connectivity index is 1.33. The van der Waals surface area contributed by atoms with E-state index in [1.54, 1.807) is 19.1 Å². The van der Waals surface area contributed by atoms with Crippen molar-refractivity contribution in [2.24, 2.45) is 17.8 Å². The van der Waals surface area contributed by atoms with E-state index in [-0.39, 0.29) is 6.04 Å². The number of nitrogens with one attached hydrogen (secondary N) is 1. The Hall–Kier alpha value is -1.46. The molecule has 5 nitrogen and oxygen atoms in total. The Kier molecular flexibility index (Phi) is 8.35. The molecule has 2 aromatic rings. The molecule has 2 N–H and O–H groups in total. The van der Waals surface area contributed by atoms with Gasteiger partial charge in [-0.3, -0.25) is 4.57 Å². The third-order valence-electron chi connectivity index (χ3n) is 7.94. The molecular formula is C27H38NO4PS. The van der Waals surface area contributed by atoms with Crippen LogP contribution in [0.2, 0.25) is 0 Å². The Morgan fingerprint density at radius 2 is 1.56 bits per heavy atom. The average Bonchev–Trinajstić information content (AvgIpc) is 3.44. The van der Waals surface area contributed by atoms with Gasteiger partial charge in [0.25, 0.3) is 0 Å². The summed E-state index contributed by atoms with van der Waals surface area (Å²) in [7, 11) is -6.48. The van der Waals surface area contributed by atoms with E-state index in [1.165, 1.54) is 6.42 Å². The van der Waals surface area contributed by atoms with E-state index in [9.17, 15) is 17.9 Å². The molecule has 2 fully saturated rings. The van der Waals surface area contributed by atoms with Crippen molar-refractivity contribution >= 4 is 17.4 Å². The number of benzene rings is 2. The summed E-state index contributed by atoms with van der Waals surface area (Å²) in [5.74, 6) is 1.46. The molecule has 0 heterocycles. The number of sulfonamides is 1. The summed E-state index contributed by atoms with van der Waals surface area (Å²) >= 11 is 0. The molecule has 2 saturated carbocycles. The topological polar surface area (TPSA) is 83.5 Å². The van der Waals surface area contributed by atoms with Crippen molar-refractivity contribution in [2.75, 3.05) is 12.3 Å². The SMILES string of the molecule is CCP(=O)(O)CCCCCCC1C(NS(=O)(=O)c2ccc(-c3ccccc3)cc2)C2CC[C@@H]1C2. The van der Waals surface area contributed by atoms with Crippen molar-refractivity contribution in [1.82, 2.24) is 4.72 Å². The van der Waals surface area contributed by atoms with Crippen LogP contribution < -0.4 is 4.72 Å². The van der Waals surface area contributed by atoms with Crippen LogP contribution in [0.5, 0.6) is 0 Å². The zero-order valence-corrected chi connectivity index (χ0v) is 21.8. The first-order valence-corrected chi connectivity index (χ1v) is 16.3. The molecule has 2 bridgehead atoms. The van der Waals surface area contributed by atoms with Crippen LogP contribution in [0.3, 0.4) is 0 Å². The van der Waals surface area contributed by atoms with Crippen LogP contribution in [0, 0.1) is 17.8 Å². The molecule has 0 radical (unpaired) electrons. The maximum atomic E-state index is 13.2. The Labute approximate surface area is 204 Å². The predicted octanol–water partition coefficient (Wildman–Crippen LogP) is 6.29. The van der Waals surface area contributed by atoms with Gasteiger partial charge in [0.1, 0.15) is 0 Å². The summed E-state index contributed by atoms with van der Waals surface area (Å²) in [4.78, 5) is 10.1. The molecule has 0 saturated heterocycles. The van der Waals surface area contributed by atoms with Gasteiger partial charge in [-0.05, 0) is 73.1 Å². The van der Waals surface area contributed by atoms with Crippen molar-refractivity contribution in [3.63, 3.8) is 0 Å². The van der Waals surface area contributed by atoms with Crippen molar-refractivity contribution in [3.05, 3.63) is 54.6 Å². The number of fused-ring (bicyclic) bond motifs is 2. The average molecular weight is 504 g/mol. The fourth-order valence-electron chi connectivity index (χ4n) is 5.96. The minimum Gasteiger partial charge on any atom is -0.344 e. The summed E-state index contributed by atoms with van der Waals surface area (Å²) in [6.45, 7) is 1.77. The van der Waals surface area contributed by atoms with E-state index in [4.69, 9.17) is 0 Å². The van der Waals surface area contributed by atoms with Crippen molar-refractivity contribution in [1.29, 1.82) is 0 Å². The van der Waals surface area contributed by atoms with Gasteiger partial charge in [0.2, 0.25) is 10.0 Å². The van der Waals surface area contributed by atoms with Gasteiger partial charge in [-0.15, -0.1) is 0 Å². The van der Waals surface area contributed by atoms with E-state index >= 15 is 0 Å². The number of rotatable bonds is 12. The minimum absolute atomic E-state index is 0.0234. The lowest BCUT2D eigenvalue weighted by Crippen LogP contribution is -2.43. The zero-order valence-electron chi connectivity index (χ0n) is 20.1. The zero-order chi connectivity index (χ0) is 24.2. The van der Waals surface area contributed by atoms with E-state index in [1.807, 2.05) is 42.5 Å². The number of unbranched alkanes of at least 4 members (excludes halogenated alkanes) is 3. The summed E-state index contributed by atoms with van der Waals surface area (Å²) in [5.41, 5.74) is 2.08. The molecule has 0 aliphatic heterocycles. The molecular weight excluding hydrogens is 465 g/mol. The Morgan fingerprint density at radius 1 is 0.912 bits per heavy atom. The normalized spacial score (nSPS) is 25.9. The van der Waals surface area contributed by atoms with Crippen molar-refractivity contribution in [2.45, 2.75) is 69.2 Å². The molecule has 0 amide bonds. The van der Waals surface area contributed by atoms with E-state index < -0.39 is 17.4 Å². The van der Waals surface area contributed by atoms with Gasteiger partial charge in [-0.1, -0.05) is 68.7 Å². The number of hydrogen-bond donors (Lipinski definition) is 2. The fraction of sp³-hybridized carbons (Fsp3) is 0.556. The van der Waals surface area contributed by atoms with Gasteiger partial charge in [0, 0.05) is 18.4 Å². The fourth-order valence-corrected chi connectivity index (χ4v) is 8.35. The molecule has 4 unspecified atom stereocenters. The van der Waals surface area contributed by atoms with Gasteiger partial charge < -0.3 is 4.89 Å². The smallest absolute Gasteiger partial charge is 0.240 e. The first kappa shape index (κ1) is 25.6. The van der Waals surface area contributed by atoms with E-state index in [0.717, 1.165) is 56.1 Å². The Morgan fingerprint density at radius 3 is 2.26 bits per heavy atom. The van der Waals surface area contributed by atoms with Crippen LogP contribution in [-0.4, -0.2) is 31.7 Å². The van der Waals surface area contributed by atoms with Crippen LogP contribution in [0.4, 0.5) is 0 Å². The largest absolute Gasteiger partial charge is 0.344 e. The maximum absolute atomic E-state index is 13.2. The summed E-state index contributed by atoms with van der Waals surface area (Å²) in [5, 5.41) is 0. The lowest BCUT2D eigenvalue weighted by molar-refractivity contribution is 0.251. The molecule has 2 aliphatic carbocycles. The van der Waals surface area contributed by atoms with Crippen LogP contribution in [-0.2, 0) is 14.6 Å². The third-order valence-corrected chi connectivity index (χ3v) is 11.4. The van der Waals surface area contributed by atoms with E-state index in [0.29, 0.717) is 35.0 Å². The van der Waals surface area contributed by atoms with Crippen LogP contribution in [0.15, 0.2) is 59.5 Å². The second-order valence-corrected chi connectivity index (χ2v) is 14.6. The molecule has 2 aromatic carbocycles. The van der Waals surface area contributed by atoms with Gasteiger partial charge in [-0.25, -0.2) is 13.1 Å². The second-order valence-electron chi connectivity index (χ2n) is 10.1. The first-order chi connectivity index (χ1) is 16.3. The molecule has 5 atom stereocenters. The summed E-state index contributed by atoms with van der Waals surface area (Å²) in [6, 6.07) is 17.2. The monoisotopic (exact) mass is 503 g/mol. The van der Waals surface area contributed by atoms with Crippen molar-refractivity contribution in [3.8, 4) is 11.1 Å². The highest BCUT2D eigenvalue weighted by molar-refractivity contribution is 7.89. The quantitative estimate of drug-likeness (QED) is 0.263. The summed E-state index contributed by atoms with van der Waals surface area (Å²) < 4.78 is 41.3. The molecule has 0 spiro atoms. The molecule has 0 aromatic heterocycles. The van der Waals surface area contributed by atoms with Gasteiger partial charge in [0.05, 0.1) is 4.90 Å². The van der Waals surface area contributed by atoms with Crippen LogP contribution >= 0.6 is 7.37 Å². The molecule has 7 heteroatoms. The molecule has 186 valence electrons. The minimum atomic E-state index is -3.57. The van der Waals surface area contributed by atoms with Gasteiger partial charge >= 0.3 is 0 Å². The lowest BCUT2D eigenvalue weighted by atomic mass is 9.81. The highest BCUT2D eigenvalue weighted by atomic mass is 32.2. The summed E-state index contributed by atoms with van der Waals surface area (Å²) in [6.07, 6.45) is 9.13. The number of hydrogen-bond acceptors (Lipinski definition) is 3. The lowest BCUT2D eigenvalue weighted by Gasteiger charge is -2.31. The Bertz CT molecular complexity index is 1090. The van der Waals surface area contributed by atoms with Crippen LogP contribution in [0.25, 0.3) is 11.1 Å². The highest BCUT2D eigenvalue weighted by Gasteiger charge is 2.48.